The molecule has 13 heteroatoms. The number of anilines is 1. The van der Waals surface area contributed by atoms with Crippen molar-refractivity contribution in [3.8, 4) is 0 Å². The van der Waals surface area contributed by atoms with E-state index in [1.54, 1.807) is 121 Å². The van der Waals surface area contributed by atoms with Crippen LogP contribution in [0.4, 0.5) is 10.5 Å². The van der Waals surface area contributed by atoms with E-state index in [2.05, 4.69) is 15.4 Å². The third-order valence-electron chi connectivity index (χ3n) is 8.27. The maximum atomic E-state index is 14.3. The Morgan fingerprint density at radius 1 is 0.630 bits per heavy atom. The predicted molar refractivity (Wildman–Crippen MR) is 206 cm³/mol. The quantitative estimate of drug-likeness (QED) is 0.104. The average molecular weight is 743 g/mol. The number of nitrogens with one attached hydrogen (secondary N) is 3. The van der Waals surface area contributed by atoms with Crippen molar-refractivity contribution in [2.45, 2.75) is 31.5 Å². The van der Waals surface area contributed by atoms with Gasteiger partial charge in [0.15, 0.2) is 0 Å². The number of nitrogens with two attached hydrogens (primary N) is 2. The number of rotatable bonds is 13. The number of amides is 6. The molecule has 0 radical (unpaired) electrons. The predicted octanol–water partition coefficient (Wildman–Crippen LogP) is 4.98. The summed E-state index contributed by atoms with van der Waals surface area (Å²) in [7, 11) is 0. The topological polar surface area (TPSA) is 194 Å². The Bertz CT molecular complexity index is 2050. The van der Waals surface area contributed by atoms with Gasteiger partial charge < -0.3 is 22.1 Å². The highest BCUT2D eigenvalue weighted by atomic mass is 32.2. The molecule has 6 amide bonds. The smallest absolute Gasteiger partial charge is 0.304 e. The molecule has 0 aliphatic rings. The molecule has 0 heterocycles. The normalized spacial score (nSPS) is 11.7. The van der Waals surface area contributed by atoms with Crippen molar-refractivity contribution in [3.63, 3.8) is 0 Å². The lowest BCUT2D eigenvalue weighted by molar-refractivity contribution is -0.152. The van der Waals surface area contributed by atoms with Crippen molar-refractivity contribution >= 4 is 52.4 Å². The van der Waals surface area contributed by atoms with Crippen molar-refractivity contribution in [3.05, 3.63) is 173 Å². The Kier molecular flexibility index (Phi) is 13.4. The summed E-state index contributed by atoms with van der Waals surface area (Å²) in [4.78, 5) is 80.6. The van der Waals surface area contributed by atoms with Crippen LogP contribution in [0.15, 0.2) is 140 Å². The number of carbonyl (C=O) groups excluding carboxylic acids is 6. The minimum absolute atomic E-state index is 0.00317. The first-order chi connectivity index (χ1) is 26.1. The van der Waals surface area contributed by atoms with E-state index in [0.29, 0.717) is 39.8 Å². The van der Waals surface area contributed by atoms with E-state index in [1.807, 2.05) is 12.1 Å². The Balaban J connectivity index is 1.44. The van der Waals surface area contributed by atoms with E-state index >= 15 is 0 Å². The lowest BCUT2D eigenvalue weighted by atomic mass is 10.00. The van der Waals surface area contributed by atoms with E-state index in [-0.39, 0.29) is 30.6 Å². The molecular weight excluding hydrogens is 705 g/mol. The minimum atomic E-state index is -1.46. The van der Waals surface area contributed by atoms with Gasteiger partial charge in [0.25, 0.3) is 5.91 Å². The minimum Gasteiger partial charge on any atom is -0.368 e. The molecule has 12 nitrogen and oxygen atoms in total. The van der Waals surface area contributed by atoms with Crippen LogP contribution in [0.25, 0.3) is 0 Å². The van der Waals surface area contributed by atoms with Crippen LogP contribution < -0.4 is 26.8 Å². The lowest BCUT2D eigenvalue weighted by Gasteiger charge is -2.30. The van der Waals surface area contributed by atoms with Gasteiger partial charge in [0, 0.05) is 17.8 Å². The van der Waals surface area contributed by atoms with Gasteiger partial charge in [0.2, 0.25) is 23.6 Å². The van der Waals surface area contributed by atoms with Crippen LogP contribution in [0, 0.1) is 0 Å². The van der Waals surface area contributed by atoms with E-state index in [9.17, 15) is 28.8 Å². The second-order valence-electron chi connectivity index (χ2n) is 12.2. The molecule has 0 aliphatic heterocycles. The fraction of sp³-hybridized carbons (Fsp3) is 0.122. The van der Waals surface area contributed by atoms with Gasteiger partial charge in [-0.15, -0.1) is 0 Å². The second kappa shape index (κ2) is 18.8. The SMILES string of the molecule is NC(=O)C(N)c1ccc(CNC(=O)C(c2cccc(NC(=O)SNC(=O)c3ccccc3)c2)N(C(=O)Cc2ccccc2)C(=O)Cc2ccccc2)cc1. The molecule has 0 aliphatic carbocycles. The first-order valence-corrected chi connectivity index (χ1v) is 17.7. The molecule has 274 valence electrons. The van der Waals surface area contributed by atoms with Crippen molar-refractivity contribution in [1.29, 1.82) is 0 Å². The standard InChI is InChI=1S/C41H38N6O6S/c42-36(38(43)50)30-21-19-29(20-22-30)26-44-40(52)37(32-17-10-18-33(25-32)45-41(53)54-46-39(51)31-15-8-3-9-16-31)47(34(48)23-27-11-4-1-5-12-27)35(49)24-28-13-6-2-7-14-28/h1-22,25,36-37H,23-24,26,42H2,(H2,43,50)(H,44,52)(H,45,53)(H,46,51). The van der Waals surface area contributed by atoms with Gasteiger partial charge in [0.1, 0.15) is 12.1 Å². The molecule has 54 heavy (non-hydrogen) atoms. The summed E-state index contributed by atoms with van der Waals surface area (Å²) in [5.41, 5.74) is 14.5. The molecule has 7 N–H and O–H groups in total. The van der Waals surface area contributed by atoms with E-state index in [0.717, 1.165) is 4.90 Å². The molecule has 5 aromatic rings. The molecule has 0 spiro atoms. The van der Waals surface area contributed by atoms with Crippen LogP contribution in [-0.4, -0.2) is 39.7 Å². The maximum Gasteiger partial charge on any atom is 0.304 e. The van der Waals surface area contributed by atoms with Gasteiger partial charge >= 0.3 is 5.24 Å². The van der Waals surface area contributed by atoms with Crippen LogP contribution in [0.5, 0.6) is 0 Å². The van der Waals surface area contributed by atoms with Gasteiger partial charge in [-0.25, -0.2) is 0 Å². The Morgan fingerprint density at radius 2 is 1.19 bits per heavy atom. The summed E-state index contributed by atoms with van der Waals surface area (Å²) in [6, 6.07) is 36.5. The zero-order valence-electron chi connectivity index (χ0n) is 29.0. The van der Waals surface area contributed by atoms with Crippen molar-refractivity contribution in [2.24, 2.45) is 11.5 Å². The summed E-state index contributed by atoms with van der Waals surface area (Å²) >= 11 is 0.542. The third kappa shape index (κ3) is 10.7. The molecule has 0 saturated heterocycles. The first kappa shape index (κ1) is 38.7. The largest absolute Gasteiger partial charge is 0.368 e. The van der Waals surface area contributed by atoms with E-state index < -0.39 is 46.9 Å². The number of benzene rings is 5. The van der Waals surface area contributed by atoms with Crippen molar-refractivity contribution < 1.29 is 28.8 Å². The second-order valence-corrected chi connectivity index (χ2v) is 12.9. The third-order valence-corrected chi connectivity index (χ3v) is 8.85. The summed E-state index contributed by atoms with van der Waals surface area (Å²) in [5, 5.41) is 4.92. The van der Waals surface area contributed by atoms with Crippen LogP contribution in [0.2, 0.25) is 0 Å². The summed E-state index contributed by atoms with van der Waals surface area (Å²) in [6.07, 6.45) is -0.332. The Labute approximate surface area is 316 Å². The molecule has 2 atom stereocenters. The van der Waals surface area contributed by atoms with E-state index in [1.165, 1.54) is 6.07 Å². The number of primary amides is 1. The van der Waals surface area contributed by atoms with Crippen molar-refractivity contribution in [1.82, 2.24) is 14.9 Å². The molecule has 0 aromatic heterocycles. The highest BCUT2D eigenvalue weighted by Gasteiger charge is 2.36. The highest BCUT2D eigenvalue weighted by molar-refractivity contribution is 8.12. The molecule has 5 aromatic carbocycles. The number of hydrogen-bond donors (Lipinski definition) is 5. The Morgan fingerprint density at radius 3 is 1.74 bits per heavy atom. The summed E-state index contributed by atoms with van der Waals surface area (Å²) in [5.74, 6) is -3.03. The van der Waals surface area contributed by atoms with Gasteiger partial charge in [-0.3, -0.25) is 38.4 Å². The number of nitrogens with zero attached hydrogens (tertiary/aromatic N) is 1. The van der Waals surface area contributed by atoms with Crippen LogP contribution >= 0.6 is 11.9 Å². The zero-order valence-corrected chi connectivity index (χ0v) is 29.8. The summed E-state index contributed by atoms with van der Waals surface area (Å²) < 4.78 is 2.49. The fourth-order valence-corrected chi connectivity index (χ4v) is 5.99. The molecule has 0 bridgehead atoms. The molecule has 0 fully saturated rings. The maximum absolute atomic E-state index is 14.3. The molecular formula is C41H38N6O6S. The van der Waals surface area contributed by atoms with Crippen LogP contribution in [0.3, 0.4) is 0 Å². The molecule has 0 saturated carbocycles. The van der Waals surface area contributed by atoms with Gasteiger partial charge in [-0.05, 0) is 52.1 Å². The molecule has 5 rings (SSSR count). The Hall–Kier alpha value is -6.57. The van der Waals surface area contributed by atoms with Gasteiger partial charge in [-0.2, -0.15) is 0 Å². The van der Waals surface area contributed by atoms with Crippen molar-refractivity contribution in [2.75, 3.05) is 5.32 Å². The summed E-state index contributed by atoms with van der Waals surface area (Å²) in [6.45, 7) is 0.00317. The average Bonchev–Trinajstić information content (AvgIpc) is 3.19. The number of imide groups is 1. The van der Waals surface area contributed by atoms with Crippen LogP contribution in [-0.2, 0) is 38.6 Å². The van der Waals surface area contributed by atoms with E-state index in [4.69, 9.17) is 11.5 Å². The number of carbonyl (C=O) groups is 6. The van der Waals surface area contributed by atoms with Gasteiger partial charge in [0.05, 0.1) is 24.8 Å². The zero-order chi connectivity index (χ0) is 38.5. The lowest BCUT2D eigenvalue weighted by Crippen LogP contribution is -2.48. The molecule has 2 unspecified atom stereocenters. The fourth-order valence-electron chi connectivity index (χ4n) is 5.52. The van der Waals surface area contributed by atoms with Crippen LogP contribution in [0.1, 0.15) is 50.3 Å². The number of hydrogen-bond acceptors (Lipinski definition) is 8. The highest BCUT2D eigenvalue weighted by Crippen LogP contribution is 2.27. The first-order valence-electron chi connectivity index (χ1n) is 16.9. The monoisotopic (exact) mass is 742 g/mol. The van der Waals surface area contributed by atoms with Gasteiger partial charge in [-0.1, -0.05) is 115 Å².